The van der Waals surface area contributed by atoms with Gasteiger partial charge in [0, 0.05) is 31.5 Å². The van der Waals surface area contributed by atoms with Crippen LogP contribution < -0.4 is 28.5 Å². The molecule has 2 aromatic rings. The van der Waals surface area contributed by atoms with Crippen molar-refractivity contribution in [1.82, 2.24) is 4.98 Å². The van der Waals surface area contributed by atoms with Crippen LogP contribution in [0, 0.1) is 13.8 Å². The second-order valence-corrected chi connectivity index (χ2v) is 5.51. The molecule has 0 atom stereocenters. The van der Waals surface area contributed by atoms with Gasteiger partial charge in [-0.25, -0.2) is 0 Å². The van der Waals surface area contributed by atoms with E-state index in [2.05, 4.69) is 29.7 Å². The molecule has 2 rings (SSSR count). The van der Waals surface area contributed by atoms with Crippen LogP contribution in [0.4, 0.5) is 0 Å². The van der Waals surface area contributed by atoms with Crippen LogP contribution in [-0.4, -0.2) is 11.2 Å². The number of aromatic nitrogens is 2. The van der Waals surface area contributed by atoms with E-state index < -0.39 is 0 Å². The lowest BCUT2D eigenvalue weighted by molar-refractivity contribution is -0.635. The molecule has 2 heterocycles. The van der Waals surface area contributed by atoms with Crippen LogP contribution in [0.3, 0.4) is 0 Å². The Bertz CT molecular complexity index is 468. The lowest BCUT2D eigenvalue weighted by Crippen LogP contribution is -3.00. The summed E-state index contributed by atoms with van der Waals surface area (Å²) in [5.41, 5.74) is 2.51. The van der Waals surface area contributed by atoms with E-state index in [0.717, 1.165) is 0 Å². The van der Waals surface area contributed by atoms with Gasteiger partial charge in [-0.1, -0.05) is 11.3 Å². The van der Waals surface area contributed by atoms with Crippen molar-refractivity contribution in [2.75, 3.05) is 6.26 Å². The SMILES string of the molecule is CSc1sc(C)c(C)[n+]1-c1ccncc1.[I-]. The summed E-state index contributed by atoms with van der Waals surface area (Å²) in [6, 6.07) is 4.08. The molecule has 2 aromatic heterocycles. The standard InChI is InChI=1S/C11H13N2S2.HI/c1-8-9(2)15-11(14-3)13(8)10-4-6-12-7-5-10;/h4-7H,1-3H3;1H/q+1;/p-1. The van der Waals surface area contributed by atoms with Crippen LogP contribution in [0.15, 0.2) is 28.9 Å². The molecule has 0 fully saturated rings. The lowest BCUT2D eigenvalue weighted by atomic mass is 10.3. The maximum Gasteiger partial charge on any atom is 0.303 e. The van der Waals surface area contributed by atoms with Crippen molar-refractivity contribution in [3.8, 4) is 5.69 Å². The van der Waals surface area contributed by atoms with E-state index in [1.807, 2.05) is 35.9 Å². The fourth-order valence-corrected chi connectivity index (χ4v) is 3.44. The van der Waals surface area contributed by atoms with Gasteiger partial charge < -0.3 is 24.0 Å². The molecule has 0 aliphatic carbocycles. The number of halogens is 1. The van der Waals surface area contributed by atoms with Gasteiger partial charge >= 0.3 is 4.34 Å². The number of rotatable bonds is 2. The predicted octanol–water partition coefficient (Wildman–Crippen LogP) is -0.237. The summed E-state index contributed by atoms with van der Waals surface area (Å²) in [4.78, 5) is 5.42. The van der Waals surface area contributed by atoms with E-state index in [1.54, 1.807) is 11.8 Å². The Balaban J connectivity index is 0.00000128. The molecule has 0 aliphatic rings. The van der Waals surface area contributed by atoms with Crippen LogP contribution in [0.2, 0.25) is 0 Å². The molecule has 0 aliphatic heterocycles. The molecule has 0 saturated heterocycles. The average Bonchev–Trinajstić information content (AvgIpc) is 2.56. The molecular formula is C11H13IN2S2. The third-order valence-electron chi connectivity index (χ3n) is 2.36. The molecule has 0 saturated carbocycles. The van der Waals surface area contributed by atoms with Gasteiger partial charge in [0.15, 0.2) is 5.69 Å². The minimum Gasteiger partial charge on any atom is -1.00 e. The van der Waals surface area contributed by atoms with Crippen molar-refractivity contribution in [1.29, 1.82) is 0 Å². The molecule has 0 radical (unpaired) electrons. The van der Waals surface area contributed by atoms with Crippen molar-refractivity contribution < 1.29 is 28.5 Å². The fourth-order valence-electron chi connectivity index (χ4n) is 1.47. The Labute approximate surface area is 121 Å². The summed E-state index contributed by atoms with van der Waals surface area (Å²) in [5, 5.41) is 0. The molecule has 0 N–H and O–H groups in total. The molecule has 16 heavy (non-hydrogen) atoms. The van der Waals surface area contributed by atoms with Gasteiger partial charge in [0.1, 0.15) is 0 Å². The number of nitrogens with zero attached hydrogens (tertiary/aromatic N) is 2. The molecule has 0 aromatic carbocycles. The number of pyridine rings is 1. The maximum atomic E-state index is 4.05. The predicted molar refractivity (Wildman–Crippen MR) is 64.9 cm³/mol. The van der Waals surface area contributed by atoms with Crippen LogP contribution in [0.5, 0.6) is 0 Å². The second-order valence-electron chi connectivity index (χ2n) is 3.25. The number of hydrogen-bond donors (Lipinski definition) is 0. The molecule has 0 bridgehead atoms. The Morgan fingerprint density at radius 1 is 1.25 bits per heavy atom. The van der Waals surface area contributed by atoms with Crippen molar-refractivity contribution in [3.63, 3.8) is 0 Å². The average molecular weight is 364 g/mol. The molecule has 0 unspecified atom stereocenters. The number of aryl methyl sites for hydroxylation is 1. The molecule has 2 nitrogen and oxygen atoms in total. The highest BCUT2D eigenvalue weighted by Crippen LogP contribution is 2.24. The zero-order valence-electron chi connectivity index (χ0n) is 9.40. The zero-order valence-corrected chi connectivity index (χ0v) is 13.2. The summed E-state index contributed by atoms with van der Waals surface area (Å²) in [6.45, 7) is 4.32. The highest BCUT2D eigenvalue weighted by atomic mass is 127. The summed E-state index contributed by atoms with van der Waals surface area (Å²) in [5.74, 6) is 0. The Hall–Kier alpha value is -0.140. The number of thioether (sulfide) groups is 1. The van der Waals surface area contributed by atoms with Crippen LogP contribution >= 0.6 is 23.1 Å². The van der Waals surface area contributed by atoms with E-state index in [1.165, 1.54) is 20.6 Å². The summed E-state index contributed by atoms with van der Waals surface area (Å²) in [6.07, 6.45) is 5.78. The summed E-state index contributed by atoms with van der Waals surface area (Å²) < 4.78 is 3.60. The first-order valence-electron chi connectivity index (χ1n) is 4.70. The monoisotopic (exact) mass is 364 g/mol. The lowest BCUT2D eigenvalue weighted by Gasteiger charge is -1.95. The van der Waals surface area contributed by atoms with Gasteiger partial charge in [-0.2, -0.15) is 0 Å². The van der Waals surface area contributed by atoms with Crippen molar-refractivity contribution in [2.45, 2.75) is 18.2 Å². The highest BCUT2D eigenvalue weighted by molar-refractivity contribution is 8.00. The highest BCUT2D eigenvalue weighted by Gasteiger charge is 2.22. The van der Waals surface area contributed by atoms with Crippen LogP contribution in [0.25, 0.3) is 5.69 Å². The normalized spacial score (nSPS) is 9.94. The van der Waals surface area contributed by atoms with Crippen LogP contribution in [0.1, 0.15) is 10.6 Å². The Kier molecular flexibility index (Phi) is 5.20. The first-order chi connectivity index (χ1) is 7.24. The van der Waals surface area contributed by atoms with Crippen molar-refractivity contribution in [2.24, 2.45) is 0 Å². The first kappa shape index (κ1) is 13.9. The Morgan fingerprint density at radius 2 is 1.88 bits per heavy atom. The molecule has 0 amide bonds. The first-order valence-corrected chi connectivity index (χ1v) is 6.74. The fraction of sp³-hybridized carbons (Fsp3) is 0.273. The molecular weight excluding hydrogens is 351 g/mol. The van der Waals surface area contributed by atoms with E-state index in [-0.39, 0.29) is 24.0 Å². The maximum absolute atomic E-state index is 4.05. The quantitative estimate of drug-likeness (QED) is 0.416. The third-order valence-corrected chi connectivity index (χ3v) is 4.60. The third kappa shape index (κ3) is 2.57. The zero-order chi connectivity index (χ0) is 10.8. The Morgan fingerprint density at radius 3 is 2.44 bits per heavy atom. The largest absolute Gasteiger partial charge is 1.00 e. The van der Waals surface area contributed by atoms with Crippen molar-refractivity contribution in [3.05, 3.63) is 35.1 Å². The van der Waals surface area contributed by atoms with E-state index in [9.17, 15) is 0 Å². The van der Waals surface area contributed by atoms with Gasteiger partial charge in [-0.15, -0.1) is 4.57 Å². The van der Waals surface area contributed by atoms with E-state index in [4.69, 9.17) is 0 Å². The minimum absolute atomic E-state index is 0. The van der Waals surface area contributed by atoms with Crippen LogP contribution in [-0.2, 0) is 0 Å². The smallest absolute Gasteiger partial charge is 0.303 e. The minimum atomic E-state index is 0. The number of thiazole rings is 1. The van der Waals surface area contributed by atoms with E-state index >= 15 is 0 Å². The number of hydrogen-bond acceptors (Lipinski definition) is 3. The second kappa shape index (κ2) is 5.97. The van der Waals surface area contributed by atoms with Gasteiger partial charge in [0.2, 0.25) is 5.69 Å². The van der Waals surface area contributed by atoms with Gasteiger partial charge in [-0.3, -0.25) is 4.98 Å². The summed E-state index contributed by atoms with van der Waals surface area (Å²) >= 11 is 3.63. The topological polar surface area (TPSA) is 16.8 Å². The molecule has 5 heteroatoms. The van der Waals surface area contributed by atoms with Gasteiger partial charge in [0.25, 0.3) is 0 Å². The van der Waals surface area contributed by atoms with Crippen molar-refractivity contribution >= 4 is 23.1 Å². The molecule has 0 spiro atoms. The van der Waals surface area contributed by atoms with Gasteiger partial charge in [-0.05, 0) is 24.9 Å². The van der Waals surface area contributed by atoms with Gasteiger partial charge in [0.05, 0.1) is 4.88 Å². The summed E-state index contributed by atoms with van der Waals surface area (Å²) in [7, 11) is 0. The van der Waals surface area contributed by atoms with E-state index in [0.29, 0.717) is 0 Å². The molecule has 86 valence electrons.